The van der Waals surface area contributed by atoms with Gasteiger partial charge in [-0.05, 0) is 17.5 Å². The van der Waals surface area contributed by atoms with Gasteiger partial charge in [0.05, 0.1) is 0 Å². The highest BCUT2D eigenvalue weighted by molar-refractivity contribution is 5.88. The van der Waals surface area contributed by atoms with Crippen molar-refractivity contribution in [3.63, 3.8) is 0 Å². The topological polar surface area (TPSA) is 43.1 Å². The van der Waals surface area contributed by atoms with Crippen molar-refractivity contribution in [1.29, 1.82) is 0 Å². The van der Waals surface area contributed by atoms with Crippen LogP contribution in [0.4, 0.5) is 13.2 Å². The minimum Gasteiger partial charge on any atom is -0.325 e. The van der Waals surface area contributed by atoms with E-state index in [-0.39, 0.29) is 5.56 Å². The maximum atomic E-state index is 12.4. The van der Waals surface area contributed by atoms with Gasteiger partial charge in [0.2, 0.25) is 0 Å². The van der Waals surface area contributed by atoms with Gasteiger partial charge in [0.15, 0.2) is 0 Å². The fraction of sp³-hybridized carbons (Fsp3) is 0.333. The van der Waals surface area contributed by atoms with Crippen molar-refractivity contribution in [2.24, 2.45) is 5.73 Å². The highest BCUT2D eigenvalue weighted by atomic mass is 19.3. The lowest BCUT2D eigenvalue weighted by Gasteiger charge is -2.08. The minimum absolute atomic E-state index is 0.118. The van der Waals surface area contributed by atoms with Gasteiger partial charge in [0.25, 0.3) is 6.43 Å². The molecule has 0 saturated carbocycles. The number of hydrogen-bond donors (Lipinski definition) is 1. The average molecular weight is 243 g/mol. The lowest BCUT2D eigenvalue weighted by atomic mass is 10.0. The van der Waals surface area contributed by atoms with Gasteiger partial charge in [0.1, 0.15) is 18.2 Å². The molecule has 2 N–H and O–H groups in total. The molecule has 0 aliphatic rings. The summed E-state index contributed by atoms with van der Waals surface area (Å²) in [4.78, 5) is 10.3. The highest BCUT2D eigenvalue weighted by Crippen LogP contribution is 2.19. The van der Waals surface area contributed by atoms with E-state index >= 15 is 0 Å². The predicted octanol–water partition coefficient (Wildman–Crippen LogP) is 2.01. The fourth-order valence-electron chi connectivity index (χ4n) is 1.41. The van der Waals surface area contributed by atoms with Crippen molar-refractivity contribution in [1.82, 2.24) is 0 Å². The van der Waals surface area contributed by atoms with Crippen molar-refractivity contribution in [3.8, 4) is 0 Å². The Hall–Kier alpha value is -1.58. The molecule has 5 heteroatoms. The van der Waals surface area contributed by atoms with Gasteiger partial charge in [-0.1, -0.05) is 24.3 Å². The van der Waals surface area contributed by atoms with Crippen LogP contribution in [0.5, 0.6) is 0 Å². The first-order valence-corrected chi connectivity index (χ1v) is 5.02. The number of carbonyl (C=O) groups excluding carboxylic acids is 1. The Balaban J connectivity index is 2.84. The van der Waals surface area contributed by atoms with E-state index in [0.717, 1.165) is 5.56 Å². The monoisotopic (exact) mass is 243 g/mol. The van der Waals surface area contributed by atoms with Gasteiger partial charge < -0.3 is 5.73 Å². The number of hydrogen-bond acceptors (Lipinski definition) is 2. The molecule has 0 saturated heterocycles. The van der Waals surface area contributed by atoms with Crippen LogP contribution in [-0.2, 0) is 11.2 Å². The van der Waals surface area contributed by atoms with E-state index in [1.807, 2.05) is 0 Å². The van der Waals surface area contributed by atoms with Crippen LogP contribution in [0.3, 0.4) is 0 Å². The summed E-state index contributed by atoms with van der Waals surface area (Å²) in [5, 5.41) is 0. The smallest absolute Gasteiger partial charge is 0.274 e. The molecule has 0 unspecified atom stereocenters. The van der Waals surface area contributed by atoms with Crippen molar-refractivity contribution in [3.05, 3.63) is 35.4 Å². The van der Waals surface area contributed by atoms with E-state index in [2.05, 4.69) is 0 Å². The number of alkyl halides is 3. The van der Waals surface area contributed by atoms with Gasteiger partial charge in [-0.15, -0.1) is 0 Å². The Morgan fingerprint density at radius 2 is 1.88 bits per heavy atom. The second-order valence-electron chi connectivity index (χ2n) is 3.63. The number of allylic oxidation sites excluding steroid dienone is 1. The molecule has 0 heterocycles. The van der Waals surface area contributed by atoms with E-state index in [0.29, 0.717) is 6.42 Å². The average Bonchev–Trinajstić information content (AvgIpc) is 2.31. The van der Waals surface area contributed by atoms with Crippen LogP contribution in [-0.4, -0.2) is 25.1 Å². The van der Waals surface area contributed by atoms with E-state index < -0.39 is 24.7 Å². The molecule has 1 rings (SSSR count). The maximum absolute atomic E-state index is 12.4. The van der Waals surface area contributed by atoms with Gasteiger partial charge in [0, 0.05) is 6.04 Å². The highest BCUT2D eigenvalue weighted by Gasteiger charge is 2.14. The molecule has 2 nitrogen and oxygen atoms in total. The van der Waals surface area contributed by atoms with Gasteiger partial charge in [-0.25, -0.2) is 18.0 Å². The Bertz CT molecular complexity index is 410. The molecule has 0 spiro atoms. The van der Waals surface area contributed by atoms with Crippen molar-refractivity contribution < 1.29 is 18.0 Å². The summed E-state index contributed by atoms with van der Waals surface area (Å²) in [5.41, 5.74) is 5.59. The number of benzene rings is 1. The largest absolute Gasteiger partial charge is 0.325 e. The molecular formula is C12H12F3NO. The molecule has 92 valence electrons. The standard InChI is InChI=1S/C12H12F3NO/c13-6-10(16)5-8-1-3-9(4-2-8)11(7-17)12(14)15/h1-4,10,12H,5-6,16H2/t10-/m0/s1. The van der Waals surface area contributed by atoms with Gasteiger partial charge in [-0.2, -0.15) is 0 Å². The van der Waals surface area contributed by atoms with Crippen molar-refractivity contribution in [2.75, 3.05) is 6.67 Å². The summed E-state index contributed by atoms with van der Waals surface area (Å²) in [6.07, 6.45) is -2.53. The van der Waals surface area contributed by atoms with Crippen LogP contribution in [0.25, 0.3) is 5.57 Å². The zero-order valence-electron chi connectivity index (χ0n) is 9.00. The van der Waals surface area contributed by atoms with E-state index in [1.165, 1.54) is 18.1 Å². The van der Waals surface area contributed by atoms with E-state index in [9.17, 15) is 18.0 Å². The third-order valence-electron chi connectivity index (χ3n) is 2.29. The van der Waals surface area contributed by atoms with Crippen LogP contribution < -0.4 is 5.73 Å². The molecule has 1 aromatic carbocycles. The molecule has 0 aliphatic heterocycles. The Morgan fingerprint density at radius 1 is 1.29 bits per heavy atom. The summed E-state index contributed by atoms with van der Waals surface area (Å²) >= 11 is 0. The molecule has 0 fully saturated rings. The minimum atomic E-state index is -2.86. The Kier molecular flexibility index (Phi) is 4.94. The molecule has 0 radical (unpaired) electrons. The lowest BCUT2D eigenvalue weighted by molar-refractivity contribution is 0.216. The van der Waals surface area contributed by atoms with E-state index in [4.69, 9.17) is 5.73 Å². The third kappa shape index (κ3) is 3.73. The normalized spacial score (nSPS) is 12.3. The summed E-state index contributed by atoms with van der Waals surface area (Å²) in [6, 6.07) is 5.26. The third-order valence-corrected chi connectivity index (χ3v) is 2.29. The van der Waals surface area contributed by atoms with Gasteiger partial charge in [-0.3, -0.25) is 0 Å². The summed E-state index contributed by atoms with van der Waals surface area (Å²) in [5.74, 6) is 1.22. The van der Waals surface area contributed by atoms with Crippen molar-refractivity contribution >= 4 is 11.5 Å². The van der Waals surface area contributed by atoms with Crippen LogP contribution in [0.15, 0.2) is 24.3 Å². The van der Waals surface area contributed by atoms with E-state index in [1.54, 1.807) is 12.1 Å². The molecular weight excluding hydrogens is 231 g/mol. The van der Waals surface area contributed by atoms with Crippen LogP contribution in [0.2, 0.25) is 0 Å². The summed E-state index contributed by atoms with van der Waals surface area (Å²) in [7, 11) is 0. The van der Waals surface area contributed by atoms with Gasteiger partial charge >= 0.3 is 0 Å². The first-order valence-electron chi connectivity index (χ1n) is 5.02. The zero-order valence-corrected chi connectivity index (χ0v) is 9.00. The Morgan fingerprint density at radius 3 is 2.29 bits per heavy atom. The second kappa shape index (κ2) is 6.23. The molecule has 0 aromatic heterocycles. The molecule has 0 bridgehead atoms. The van der Waals surface area contributed by atoms with Crippen LogP contribution in [0, 0.1) is 0 Å². The summed E-state index contributed by atoms with van der Waals surface area (Å²) in [6.45, 7) is -0.641. The molecule has 0 amide bonds. The SMILES string of the molecule is N[C@H](CF)Cc1ccc(C(=C=O)C(F)F)cc1. The predicted molar refractivity (Wildman–Crippen MR) is 59.2 cm³/mol. The lowest BCUT2D eigenvalue weighted by Crippen LogP contribution is -2.24. The van der Waals surface area contributed by atoms with Crippen LogP contribution in [0.1, 0.15) is 11.1 Å². The number of halogens is 3. The molecule has 0 aliphatic carbocycles. The van der Waals surface area contributed by atoms with Crippen LogP contribution >= 0.6 is 0 Å². The number of nitrogens with two attached hydrogens (primary N) is 1. The zero-order chi connectivity index (χ0) is 12.8. The molecule has 1 atom stereocenters. The first kappa shape index (κ1) is 13.5. The fourth-order valence-corrected chi connectivity index (χ4v) is 1.41. The quantitative estimate of drug-likeness (QED) is 0.804. The second-order valence-corrected chi connectivity index (χ2v) is 3.63. The number of rotatable bonds is 5. The maximum Gasteiger partial charge on any atom is 0.274 e. The Labute approximate surface area is 96.9 Å². The molecule has 1 aromatic rings. The summed E-state index contributed by atoms with van der Waals surface area (Å²) < 4.78 is 36.9. The van der Waals surface area contributed by atoms with Crippen molar-refractivity contribution in [2.45, 2.75) is 18.9 Å². The first-order chi connectivity index (χ1) is 8.08. The molecule has 17 heavy (non-hydrogen) atoms.